The van der Waals surface area contributed by atoms with Crippen LogP contribution in [0.15, 0.2) is 67.3 Å². The van der Waals surface area contributed by atoms with Crippen LogP contribution >= 0.6 is 12.2 Å². The van der Waals surface area contributed by atoms with Gasteiger partial charge in [0.05, 0.1) is 17.8 Å². The fraction of sp³-hybridized carbons (Fsp3) is 0.348. The van der Waals surface area contributed by atoms with Crippen molar-refractivity contribution in [3.05, 3.63) is 78.6 Å². The van der Waals surface area contributed by atoms with Gasteiger partial charge in [0.25, 0.3) is 0 Å². The molecule has 0 spiro atoms. The number of nitrogens with zero attached hydrogens (tertiary/aromatic N) is 4. The first-order valence-electron chi connectivity index (χ1n) is 10.4. The smallest absolute Gasteiger partial charge is 0.170 e. The van der Waals surface area contributed by atoms with Gasteiger partial charge in [0.1, 0.15) is 0 Å². The van der Waals surface area contributed by atoms with Crippen LogP contribution in [0.2, 0.25) is 0 Å². The minimum absolute atomic E-state index is 0.0288. The second-order valence-corrected chi connectivity index (χ2v) is 8.22. The molecule has 1 saturated heterocycles. The Hall–Kier alpha value is -2.73. The van der Waals surface area contributed by atoms with Gasteiger partial charge in [-0.05, 0) is 61.5 Å². The number of thiocarbonyl (C=S) groups is 1. The van der Waals surface area contributed by atoms with Gasteiger partial charge in [-0.2, -0.15) is 0 Å². The Bertz CT molecular complexity index is 965. The molecule has 2 aliphatic rings. The Morgan fingerprint density at radius 2 is 1.76 bits per heavy atom. The van der Waals surface area contributed by atoms with E-state index in [2.05, 4.69) is 55.2 Å². The maximum absolute atomic E-state index is 5.88. The lowest BCUT2D eigenvalue weighted by atomic mass is 9.92. The molecule has 29 heavy (non-hydrogen) atoms. The Labute approximate surface area is 176 Å². The zero-order chi connectivity index (χ0) is 19.6. The van der Waals surface area contributed by atoms with Crippen LogP contribution in [-0.2, 0) is 0 Å². The average Bonchev–Trinajstić information content (AvgIpc) is 3.40. The number of nitrogens with one attached hydrogen (secondary N) is 1. The van der Waals surface area contributed by atoms with Crippen LogP contribution in [0.4, 0.5) is 0 Å². The number of pyridine rings is 2. The van der Waals surface area contributed by atoms with E-state index in [4.69, 9.17) is 12.2 Å². The largest absolute Gasteiger partial charge is 0.352 e. The lowest BCUT2D eigenvalue weighted by Crippen LogP contribution is -2.40. The van der Waals surface area contributed by atoms with Crippen molar-refractivity contribution in [2.24, 2.45) is 0 Å². The fourth-order valence-electron chi connectivity index (χ4n) is 4.81. The summed E-state index contributed by atoms with van der Waals surface area (Å²) in [6, 6.07) is 15.1. The summed E-state index contributed by atoms with van der Waals surface area (Å²) >= 11 is 5.88. The quantitative estimate of drug-likeness (QED) is 0.647. The molecule has 0 bridgehead atoms. The molecule has 148 valence electrons. The predicted molar refractivity (Wildman–Crippen MR) is 118 cm³/mol. The van der Waals surface area contributed by atoms with E-state index in [9.17, 15) is 0 Å². The molecule has 0 radical (unpaired) electrons. The SMILES string of the molecule is S=C1N[C@@H](c2ccccn2)[C@@H](c2cccn2-c2ccncc2)N1C1CCCCC1. The Morgan fingerprint density at radius 3 is 2.52 bits per heavy atom. The minimum Gasteiger partial charge on any atom is -0.352 e. The van der Waals surface area contributed by atoms with Crippen LogP contribution in [0.1, 0.15) is 55.6 Å². The highest BCUT2D eigenvalue weighted by Crippen LogP contribution is 2.43. The number of hydrogen-bond donors (Lipinski definition) is 1. The summed E-state index contributed by atoms with van der Waals surface area (Å²) in [5, 5.41) is 4.45. The van der Waals surface area contributed by atoms with Crippen LogP contribution < -0.4 is 5.32 Å². The topological polar surface area (TPSA) is 46.0 Å². The van der Waals surface area contributed by atoms with Gasteiger partial charge in [-0.1, -0.05) is 25.3 Å². The van der Waals surface area contributed by atoms with E-state index in [0.29, 0.717) is 6.04 Å². The zero-order valence-electron chi connectivity index (χ0n) is 16.3. The van der Waals surface area contributed by atoms with E-state index in [0.717, 1.165) is 16.5 Å². The highest BCUT2D eigenvalue weighted by molar-refractivity contribution is 7.80. The highest BCUT2D eigenvalue weighted by atomic mass is 32.1. The summed E-state index contributed by atoms with van der Waals surface area (Å²) in [6.45, 7) is 0. The monoisotopic (exact) mass is 403 g/mol. The molecule has 2 fully saturated rings. The molecule has 1 saturated carbocycles. The van der Waals surface area contributed by atoms with Gasteiger partial charge < -0.3 is 14.8 Å². The van der Waals surface area contributed by atoms with Gasteiger partial charge in [0.15, 0.2) is 5.11 Å². The van der Waals surface area contributed by atoms with Crippen LogP contribution in [0.5, 0.6) is 0 Å². The molecule has 1 N–H and O–H groups in total. The maximum Gasteiger partial charge on any atom is 0.170 e. The van der Waals surface area contributed by atoms with E-state index in [1.165, 1.54) is 37.8 Å². The molecule has 5 nitrogen and oxygen atoms in total. The van der Waals surface area contributed by atoms with Crippen molar-refractivity contribution in [1.29, 1.82) is 0 Å². The molecule has 1 aliphatic heterocycles. The van der Waals surface area contributed by atoms with Crippen molar-refractivity contribution < 1.29 is 0 Å². The van der Waals surface area contributed by atoms with Gasteiger partial charge in [0, 0.05) is 42.2 Å². The van der Waals surface area contributed by atoms with E-state index >= 15 is 0 Å². The van der Waals surface area contributed by atoms with E-state index in [-0.39, 0.29) is 12.1 Å². The van der Waals surface area contributed by atoms with Gasteiger partial charge in [-0.25, -0.2) is 0 Å². The molecule has 5 rings (SSSR count). The number of aromatic nitrogens is 3. The van der Waals surface area contributed by atoms with Crippen molar-refractivity contribution >= 4 is 17.3 Å². The summed E-state index contributed by atoms with van der Waals surface area (Å²) in [4.78, 5) is 11.3. The molecule has 3 aromatic heterocycles. The van der Waals surface area contributed by atoms with Crippen molar-refractivity contribution in [2.75, 3.05) is 0 Å². The summed E-state index contributed by atoms with van der Waals surface area (Å²) in [7, 11) is 0. The molecule has 0 aromatic carbocycles. The van der Waals surface area contributed by atoms with Crippen LogP contribution in [0, 0.1) is 0 Å². The molecule has 0 amide bonds. The molecular formula is C23H25N5S. The first-order chi connectivity index (χ1) is 14.3. The average molecular weight is 404 g/mol. The van der Waals surface area contributed by atoms with Crippen molar-refractivity contribution in [2.45, 2.75) is 50.2 Å². The normalized spacial score (nSPS) is 22.6. The van der Waals surface area contributed by atoms with Gasteiger partial charge in [-0.3, -0.25) is 9.97 Å². The third kappa shape index (κ3) is 3.42. The predicted octanol–water partition coefficient (Wildman–Crippen LogP) is 4.57. The van der Waals surface area contributed by atoms with Gasteiger partial charge in [-0.15, -0.1) is 0 Å². The van der Waals surface area contributed by atoms with Crippen molar-refractivity contribution in [3.63, 3.8) is 0 Å². The summed E-state index contributed by atoms with van der Waals surface area (Å²) < 4.78 is 2.26. The molecule has 1 aliphatic carbocycles. The second-order valence-electron chi connectivity index (χ2n) is 7.83. The lowest BCUT2D eigenvalue weighted by molar-refractivity contribution is 0.193. The number of hydrogen-bond acceptors (Lipinski definition) is 3. The zero-order valence-corrected chi connectivity index (χ0v) is 17.1. The number of rotatable bonds is 4. The van der Waals surface area contributed by atoms with Gasteiger partial charge >= 0.3 is 0 Å². The summed E-state index contributed by atoms with van der Waals surface area (Å²) in [6.07, 6.45) is 13.9. The molecule has 6 heteroatoms. The standard InChI is InChI=1S/C23H25N5S/c29-23-26-21(19-9-4-5-13-25-19)22(28(23)18-7-2-1-3-8-18)20-10-6-16-27(20)17-11-14-24-15-12-17/h4-6,9-16,18,21-22H,1-3,7-8H2,(H,26,29)/t21-,22+/m0/s1. The minimum atomic E-state index is 0.0288. The summed E-state index contributed by atoms with van der Waals surface area (Å²) in [5.41, 5.74) is 3.37. The molecule has 4 heterocycles. The molecular weight excluding hydrogens is 378 g/mol. The molecule has 3 aromatic rings. The van der Waals surface area contributed by atoms with E-state index in [1.807, 2.05) is 36.8 Å². The molecule has 0 unspecified atom stereocenters. The fourth-order valence-corrected chi connectivity index (χ4v) is 5.20. The Kier molecular flexibility index (Phi) is 5.02. The van der Waals surface area contributed by atoms with E-state index < -0.39 is 0 Å². The molecule has 2 atom stereocenters. The summed E-state index contributed by atoms with van der Waals surface area (Å²) in [5.74, 6) is 0. The Morgan fingerprint density at radius 1 is 0.931 bits per heavy atom. The van der Waals surface area contributed by atoms with Crippen LogP contribution in [-0.4, -0.2) is 30.6 Å². The third-order valence-corrected chi connectivity index (χ3v) is 6.46. The van der Waals surface area contributed by atoms with E-state index in [1.54, 1.807) is 0 Å². The van der Waals surface area contributed by atoms with Crippen LogP contribution in [0.3, 0.4) is 0 Å². The Balaban J connectivity index is 1.61. The van der Waals surface area contributed by atoms with Crippen molar-refractivity contribution in [3.8, 4) is 5.69 Å². The first kappa shape index (κ1) is 18.3. The van der Waals surface area contributed by atoms with Crippen LogP contribution in [0.25, 0.3) is 5.69 Å². The van der Waals surface area contributed by atoms with Gasteiger partial charge in [0.2, 0.25) is 0 Å². The lowest BCUT2D eigenvalue weighted by Gasteiger charge is -2.37. The maximum atomic E-state index is 5.88. The highest BCUT2D eigenvalue weighted by Gasteiger charge is 2.44. The first-order valence-corrected chi connectivity index (χ1v) is 10.8. The second kappa shape index (κ2) is 7.95. The third-order valence-electron chi connectivity index (χ3n) is 6.13. The van der Waals surface area contributed by atoms with Crippen molar-refractivity contribution in [1.82, 2.24) is 24.8 Å².